The fourth-order valence-corrected chi connectivity index (χ4v) is 6.80. The molecule has 260 valence electrons. The Hall–Kier alpha value is -7.63. The second-order valence-corrected chi connectivity index (χ2v) is 12.1. The van der Waals surface area contributed by atoms with Gasteiger partial charge in [0.2, 0.25) is 5.95 Å². The number of nitrogens with zero attached hydrogens (tertiary/aromatic N) is 5. The normalized spacial score (nSPS) is 19.7. The smallest absolute Gasteiger partial charge is 0.238 e. The van der Waals surface area contributed by atoms with E-state index >= 15 is 0 Å². The molecule has 0 atom stereocenters. The molecule has 0 aliphatic heterocycles. The molecule has 0 bridgehead atoms. The Morgan fingerprint density at radius 1 is 0.304 bits per heavy atom. The molecule has 5 nitrogen and oxygen atoms in total. The Morgan fingerprint density at radius 2 is 0.714 bits per heavy atom. The minimum absolute atomic E-state index is 0.504. The molecule has 3 aromatic heterocycles. The topological polar surface area (TPSA) is 48.5 Å². The van der Waals surface area contributed by atoms with Gasteiger partial charge in [0.05, 0.1) is 64.6 Å². The van der Waals surface area contributed by atoms with Gasteiger partial charge in [-0.1, -0.05) is 151 Å². The maximum Gasteiger partial charge on any atom is 0.238 e. The Labute approximate surface area is 364 Å². The molecule has 9 aromatic carbocycles. The summed E-state index contributed by atoms with van der Waals surface area (Å²) in [6.07, 6.45) is 0. The van der Waals surface area contributed by atoms with Gasteiger partial charge in [-0.2, -0.15) is 9.97 Å². The van der Waals surface area contributed by atoms with Crippen LogP contribution in [0, 0.1) is 0 Å². The van der Waals surface area contributed by atoms with Gasteiger partial charge in [-0.05, 0) is 68.6 Å². The molecule has 0 saturated carbocycles. The predicted octanol–water partition coefficient (Wildman–Crippen LogP) is 12.9. The molecule has 0 radical (unpaired) electrons. The van der Waals surface area contributed by atoms with Crippen LogP contribution in [0.2, 0.25) is 0 Å². The summed E-state index contributed by atoms with van der Waals surface area (Å²) in [5.74, 6) is -2.66. The average molecular weight is 745 g/mol. The summed E-state index contributed by atoms with van der Waals surface area (Å²) in [4.78, 5) is 13.2. The number of hydrogen-bond acceptors (Lipinski definition) is 3. The van der Waals surface area contributed by atoms with Gasteiger partial charge in [0.15, 0.2) is 11.6 Å². The van der Waals surface area contributed by atoms with Gasteiger partial charge in [0.25, 0.3) is 0 Å². The first-order chi connectivity index (χ1) is 40.7. The quantitative estimate of drug-likeness (QED) is 0.169. The molecule has 0 N–H and O–H groups in total. The van der Waals surface area contributed by atoms with Crippen LogP contribution in [0.25, 0.3) is 110 Å². The lowest BCUT2D eigenvalue weighted by Gasteiger charge is -2.14. The van der Waals surface area contributed by atoms with Crippen LogP contribution in [-0.2, 0) is 0 Å². The van der Waals surface area contributed by atoms with Crippen molar-refractivity contribution in [1.29, 1.82) is 0 Å². The Morgan fingerprint density at radius 3 is 1.25 bits per heavy atom. The van der Waals surface area contributed by atoms with Gasteiger partial charge in [-0.3, -0.25) is 4.57 Å². The summed E-state index contributed by atoms with van der Waals surface area (Å²) < 4.78 is 282. The van der Waals surface area contributed by atoms with Crippen LogP contribution in [0.1, 0.15) is 42.5 Å². The molecule has 12 aromatic rings. The fraction of sp³-hybridized carbons (Fsp3) is 0. The maximum atomic E-state index is 10.3. The lowest BCUT2D eigenvalue weighted by molar-refractivity contribution is 0.954. The summed E-state index contributed by atoms with van der Waals surface area (Å²) in [5, 5.41) is -6.01. The van der Waals surface area contributed by atoms with Gasteiger partial charge in [-0.15, -0.1) is 0 Å². The molecule has 12 rings (SSSR count). The average Bonchev–Trinajstić information content (AvgIpc) is 1.66. The molecule has 0 amide bonds. The van der Waals surface area contributed by atoms with Crippen LogP contribution in [0.3, 0.4) is 0 Å². The second-order valence-electron chi connectivity index (χ2n) is 12.1. The van der Waals surface area contributed by atoms with Crippen LogP contribution in [0.15, 0.2) is 187 Å². The first-order valence-corrected chi connectivity index (χ1v) is 16.4. The molecule has 0 saturated heterocycles. The molecule has 0 aliphatic rings. The van der Waals surface area contributed by atoms with Gasteiger partial charge >= 0.3 is 0 Å². The number of fused-ring (bicyclic) bond motifs is 12. The highest BCUT2D eigenvalue weighted by molar-refractivity contribution is 6.26. The van der Waals surface area contributed by atoms with Crippen LogP contribution in [0.4, 0.5) is 0 Å². The number of aromatic nitrogens is 5. The van der Waals surface area contributed by atoms with E-state index in [1.165, 1.54) is 0 Å². The van der Waals surface area contributed by atoms with Crippen molar-refractivity contribution in [3.8, 4) is 34.4 Å². The van der Waals surface area contributed by atoms with E-state index in [0.29, 0.717) is 0 Å². The molecule has 0 spiro atoms. The third kappa shape index (κ3) is 4.52. The van der Waals surface area contributed by atoms with Crippen molar-refractivity contribution >= 4 is 75.9 Å². The summed E-state index contributed by atoms with van der Waals surface area (Å²) in [6.45, 7) is 0. The van der Waals surface area contributed by atoms with E-state index in [2.05, 4.69) is 15.0 Å². The Bertz CT molecular complexity index is 5170. The number of rotatable bonds is 4. The minimum Gasteiger partial charge on any atom is -0.309 e. The standard InChI is InChI=1S/C51H31N5/c1-3-15-32(16-4-1)49-52-50(33-17-5-2-6-18-33)54-51(53-49)56-46-26-14-12-24-41(46)44-30-47-43(31-48(44)56)40-23-11-13-25-45(40)55(47)34-27-28-39-37-21-8-7-19-35(37)36-20-9-10-22-38(36)42(39)29-34/h1-31H/i1D,2D,3D,4D,5D,6D,7D,8D,9D,10D,11D,12D,13D,14D,15D,16D,17D,18D,19D,20D,21D,22D,23D,24D,25D,26D,27D,28D,29D,30D,31D. The van der Waals surface area contributed by atoms with E-state index in [0.717, 1.165) is 9.13 Å². The van der Waals surface area contributed by atoms with Crippen molar-refractivity contribution in [3.05, 3.63) is 187 Å². The zero-order chi connectivity index (χ0) is 63.7. The maximum absolute atomic E-state index is 10.3. The Kier molecular flexibility index (Phi) is 2.83. The largest absolute Gasteiger partial charge is 0.309 e. The Balaban J connectivity index is 1.36. The van der Waals surface area contributed by atoms with Crippen molar-refractivity contribution in [2.24, 2.45) is 0 Å². The van der Waals surface area contributed by atoms with Crippen LogP contribution < -0.4 is 0 Å². The molecular weight excluding hydrogens is 683 g/mol. The van der Waals surface area contributed by atoms with E-state index in [-0.39, 0.29) is 0 Å². The first-order valence-electron chi connectivity index (χ1n) is 31.9. The van der Waals surface area contributed by atoms with Crippen LogP contribution >= 0.6 is 0 Å². The zero-order valence-electron chi connectivity index (χ0n) is 58.7. The first kappa shape index (κ1) is 13.3. The van der Waals surface area contributed by atoms with Crippen molar-refractivity contribution in [2.75, 3.05) is 0 Å². The van der Waals surface area contributed by atoms with E-state index < -0.39 is 298 Å². The highest BCUT2D eigenvalue weighted by Crippen LogP contribution is 2.41. The molecular formula is C51H31N5. The zero-order valence-corrected chi connectivity index (χ0v) is 27.7. The third-order valence-electron chi connectivity index (χ3n) is 9.11. The molecule has 0 aliphatic carbocycles. The van der Waals surface area contributed by atoms with E-state index in [4.69, 9.17) is 28.8 Å². The van der Waals surface area contributed by atoms with E-state index in [1.54, 1.807) is 0 Å². The van der Waals surface area contributed by atoms with Gasteiger partial charge in [0, 0.05) is 38.4 Å². The number of benzene rings is 9. The lowest BCUT2D eigenvalue weighted by Crippen LogP contribution is -2.06. The van der Waals surface area contributed by atoms with Gasteiger partial charge in [0.1, 0.15) is 0 Å². The second kappa shape index (κ2) is 11.9. The molecule has 56 heavy (non-hydrogen) atoms. The number of para-hydroxylation sites is 2. The summed E-state index contributed by atoms with van der Waals surface area (Å²) in [6, 6.07) is -28.6. The minimum atomic E-state index is -1.05. The summed E-state index contributed by atoms with van der Waals surface area (Å²) in [7, 11) is 0. The molecule has 5 heteroatoms. The van der Waals surface area contributed by atoms with Crippen molar-refractivity contribution in [2.45, 2.75) is 0 Å². The monoisotopic (exact) mass is 744 g/mol. The SMILES string of the molecule is [2H]c1c([2H])c([2H])c(-c2nc(-c3c([2H])c([2H])c([2H])c([2H])c3[2H])nc(-n3c4c([2H])c([2H])c([2H])c([2H])c4c4c([2H])c5c(c([2H])c43)c3c([2H])c([2H])c([2H])c([2H])c3n5-c3c([2H])c([2H])c4c5c([2H])c([2H])c([2H])c([2H])c5c5c([2H])c([2H])c([2H])c([2H])c5c4c3[2H])n2)c([2H])c1[2H]. The summed E-state index contributed by atoms with van der Waals surface area (Å²) >= 11 is 0. The van der Waals surface area contributed by atoms with Crippen LogP contribution in [-0.4, -0.2) is 24.1 Å². The van der Waals surface area contributed by atoms with E-state index in [1.807, 2.05) is 0 Å². The van der Waals surface area contributed by atoms with Crippen molar-refractivity contribution < 1.29 is 42.5 Å². The highest BCUT2D eigenvalue weighted by atomic mass is 15.2. The molecule has 3 heterocycles. The van der Waals surface area contributed by atoms with Crippen molar-refractivity contribution in [1.82, 2.24) is 24.1 Å². The highest BCUT2D eigenvalue weighted by Gasteiger charge is 2.21. The fourth-order valence-electron chi connectivity index (χ4n) is 6.80. The van der Waals surface area contributed by atoms with Gasteiger partial charge in [-0.25, -0.2) is 4.98 Å². The predicted molar refractivity (Wildman–Crippen MR) is 232 cm³/mol. The van der Waals surface area contributed by atoms with E-state index in [9.17, 15) is 13.7 Å². The van der Waals surface area contributed by atoms with Crippen LogP contribution in [0.5, 0.6) is 0 Å². The number of hydrogen-bond donors (Lipinski definition) is 0. The summed E-state index contributed by atoms with van der Waals surface area (Å²) in [5.41, 5.74) is -5.22. The lowest BCUT2D eigenvalue weighted by atomic mass is 9.94. The third-order valence-corrected chi connectivity index (χ3v) is 9.11. The van der Waals surface area contributed by atoms with Gasteiger partial charge < -0.3 is 4.57 Å². The molecule has 0 unspecified atom stereocenters. The molecule has 0 fully saturated rings. The van der Waals surface area contributed by atoms with Crippen molar-refractivity contribution in [3.63, 3.8) is 0 Å².